The summed E-state index contributed by atoms with van der Waals surface area (Å²) in [5.74, 6) is -3.63. The molecule has 1 unspecified atom stereocenters. The molecule has 14 heteroatoms. The van der Waals surface area contributed by atoms with Crippen LogP contribution in [0.15, 0.2) is 41.4 Å². The number of amides is 3. The molecule has 0 radical (unpaired) electrons. The number of rotatable bonds is 8. The van der Waals surface area contributed by atoms with E-state index in [0.717, 1.165) is 30.0 Å². The molecule has 2 atom stereocenters. The lowest BCUT2D eigenvalue weighted by Gasteiger charge is -2.15. The molecule has 11 nitrogen and oxygen atoms in total. The number of aliphatic hydroxyl groups excluding tert-OH is 1. The quantitative estimate of drug-likeness (QED) is 0.360. The van der Waals surface area contributed by atoms with E-state index in [1.54, 1.807) is 0 Å². The van der Waals surface area contributed by atoms with E-state index in [1.165, 1.54) is 25.3 Å². The molecule has 0 aliphatic carbocycles. The first-order valence-corrected chi connectivity index (χ1v) is 10.9. The molecule has 186 valence electrons. The normalized spacial score (nSPS) is 15.5. The largest absolute Gasteiger partial charge is 0.493 e. The molecule has 0 saturated heterocycles. The summed E-state index contributed by atoms with van der Waals surface area (Å²) in [5, 5.41) is 25.0. The number of thioether (sulfide) groups is 1. The first-order chi connectivity index (χ1) is 16.7. The molecule has 1 aliphatic rings. The molecule has 0 bridgehead atoms. The number of hydrogen-bond acceptors (Lipinski definition) is 8. The first kappa shape index (κ1) is 25.7. The molecule has 1 heterocycles. The van der Waals surface area contributed by atoms with Crippen molar-refractivity contribution in [1.82, 2.24) is 10.6 Å². The van der Waals surface area contributed by atoms with Crippen molar-refractivity contribution < 1.29 is 42.9 Å². The summed E-state index contributed by atoms with van der Waals surface area (Å²) in [6.07, 6.45) is -1.76. The molecule has 5 N–H and O–H groups in total. The van der Waals surface area contributed by atoms with Gasteiger partial charge in [-0.2, -0.15) is 0 Å². The number of carbonyl (C=O) groups is 3. The lowest BCUT2D eigenvalue weighted by molar-refractivity contribution is -0.146. The van der Waals surface area contributed by atoms with Gasteiger partial charge in [-0.05, 0) is 24.3 Å². The number of para-hydroxylation sites is 1. The van der Waals surface area contributed by atoms with Crippen LogP contribution in [0.2, 0.25) is 0 Å². The highest BCUT2D eigenvalue weighted by Gasteiger charge is 2.27. The molecule has 1 aliphatic heterocycles. The molecule has 0 saturated carbocycles. The zero-order valence-electron chi connectivity index (χ0n) is 18.1. The van der Waals surface area contributed by atoms with Gasteiger partial charge in [0.2, 0.25) is 11.7 Å². The minimum atomic E-state index is -1.76. The number of halogens is 2. The number of aliphatic hydroxyl groups is 1. The highest BCUT2D eigenvalue weighted by Crippen LogP contribution is 2.37. The third kappa shape index (κ3) is 6.80. The second-order valence-electron chi connectivity index (χ2n) is 6.95. The molecular weight excluding hydrogens is 490 g/mol. The zero-order chi connectivity index (χ0) is 25.5. The number of anilines is 1. The predicted molar refractivity (Wildman–Crippen MR) is 122 cm³/mol. The van der Waals surface area contributed by atoms with E-state index in [9.17, 15) is 28.3 Å². The van der Waals surface area contributed by atoms with Crippen LogP contribution in [0.4, 0.5) is 19.3 Å². The Bertz CT molecular complexity index is 1160. The molecule has 0 spiro atoms. The van der Waals surface area contributed by atoms with Gasteiger partial charge in [-0.15, -0.1) is 0 Å². The van der Waals surface area contributed by atoms with Gasteiger partial charge in [0.25, 0.3) is 0 Å². The van der Waals surface area contributed by atoms with Crippen LogP contribution >= 0.6 is 11.8 Å². The van der Waals surface area contributed by atoms with Crippen molar-refractivity contribution >= 4 is 40.5 Å². The Balaban J connectivity index is 1.66. The number of amidine groups is 1. The first-order valence-electron chi connectivity index (χ1n) is 9.95. The van der Waals surface area contributed by atoms with Gasteiger partial charge in [0, 0.05) is 11.8 Å². The van der Waals surface area contributed by atoms with E-state index in [2.05, 4.69) is 20.9 Å². The van der Waals surface area contributed by atoms with E-state index < -0.39 is 48.2 Å². The van der Waals surface area contributed by atoms with Crippen LogP contribution in [0.25, 0.3) is 0 Å². The van der Waals surface area contributed by atoms with Gasteiger partial charge in [-0.1, -0.05) is 17.8 Å². The third-order valence-corrected chi connectivity index (χ3v) is 5.44. The van der Waals surface area contributed by atoms with Crippen molar-refractivity contribution in [3.8, 4) is 17.2 Å². The summed E-state index contributed by atoms with van der Waals surface area (Å²) in [4.78, 5) is 39.2. The number of aliphatic imine (C=N–C) groups is 1. The van der Waals surface area contributed by atoms with Gasteiger partial charge < -0.3 is 30.3 Å². The van der Waals surface area contributed by atoms with Crippen LogP contribution in [-0.2, 0) is 9.59 Å². The number of urea groups is 1. The van der Waals surface area contributed by atoms with Gasteiger partial charge in [0.05, 0.1) is 19.3 Å². The number of aliphatic carboxylic acids is 1. The molecule has 35 heavy (non-hydrogen) atoms. The number of benzene rings is 2. The molecule has 2 aromatic rings. The highest BCUT2D eigenvalue weighted by molar-refractivity contribution is 8.14. The maximum Gasteiger partial charge on any atom is 0.334 e. The molecule has 3 amide bonds. The molecule has 0 aromatic heterocycles. The number of carboxylic acid groups (broad SMARTS) is 1. The average molecular weight is 510 g/mol. The fourth-order valence-electron chi connectivity index (χ4n) is 2.78. The van der Waals surface area contributed by atoms with Crippen LogP contribution in [0.1, 0.15) is 0 Å². The number of carboxylic acids is 1. The number of nitrogens with one attached hydrogen (secondary N) is 3. The van der Waals surface area contributed by atoms with E-state index in [-0.39, 0.29) is 33.9 Å². The van der Waals surface area contributed by atoms with Crippen molar-refractivity contribution in [3.63, 3.8) is 0 Å². The van der Waals surface area contributed by atoms with Crippen molar-refractivity contribution in [2.24, 2.45) is 4.99 Å². The number of nitrogens with zero attached hydrogens (tertiary/aromatic N) is 1. The van der Waals surface area contributed by atoms with Crippen LogP contribution in [0.5, 0.6) is 17.2 Å². The van der Waals surface area contributed by atoms with Gasteiger partial charge in [0.1, 0.15) is 11.9 Å². The van der Waals surface area contributed by atoms with E-state index in [0.29, 0.717) is 0 Å². The summed E-state index contributed by atoms with van der Waals surface area (Å²) in [6.45, 7) is -0.497. The zero-order valence-corrected chi connectivity index (χ0v) is 18.9. The number of ether oxygens (including phenoxy) is 2. The molecular formula is C21H20F2N4O7S. The van der Waals surface area contributed by atoms with Gasteiger partial charge in [-0.3, -0.25) is 10.1 Å². The second kappa shape index (κ2) is 11.5. The van der Waals surface area contributed by atoms with Crippen LogP contribution in [-0.4, -0.2) is 64.8 Å². The fraction of sp³-hybridized carbons (Fsp3) is 0.238. The Kier molecular flexibility index (Phi) is 8.43. The standard InChI is InChI=1S/C21H20F2N4O7S/c1-33-16-4-2-3-11(23)17(16)34-15-6-5-10(22)7-12(15)25-20(32)27-21-26-13(9-35-21)18(29)24-8-14(28)19(30)31/h2-7,13-14,28H,8-9H2,1H3,(H,24,29)(H,30,31)(H2,25,26,27,32)/t13?,14-/m1/s1. The average Bonchev–Trinajstić information content (AvgIpc) is 3.28. The van der Waals surface area contributed by atoms with Crippen molar-refractivity contribution in [2.45, 2.75) is 12.1 Å². The molecule has 0 fully saturated rings. The van der Waals surface area contributed by atoms with Crippen LogP contribution in [0, 0.1) is 11.6 Å². The maximum absolute atomic E-state index is 14.2. The Morgan fingerprint density at radius 2 is 1.97 bits per heavy atom. The fourth-order valence-corrected chi connectivity index (χ4v) is 3.69. The van der Waals surface area contributed by atoms with Crippen molar-refractivity contribution in [3.05, 3.63) is 48.0 Å². The summed E-state index contributed by atoms with van der Waals surface area (Å²) >= 11 is 1.04. The maximum atomic E-state index is 14.2. The highest BCUT2D eigenvalue weighted by atomic mass is 32.2. The van der Waals surface area contributed by atoms with Crippen LogP contribution in [0.3, 0.4) is 0 Å². The summed E-state index contributed by atoms with van der Waals surface area (Å²) in [6, 6.07) is 5.50. The van der Waals surface area contributed by atoms with Gasteiger partial charge in [0.15, 0.2) is 28.6 Å². The molecule has 2 aromatic carbocycles. The van der Waals surface area contributed by atoms with E-state index in [1.807, 2.05) is 0 Å². The monoisotopic (exact) mass is 510 g/mol. The van der Waals surface area contributed by atoms with Crippen molar-refractivity contribution in [1.29, 1.82) is 0 Å². The summed E-state index contributed by atoms with van der Waals surface area (Å²) in [5.41, 5.74) is -0.117. The smallest absolute Gasteiger partial charge is 0.334 e. The lowest BCUT2D eigenvalue weighted by Crippen LogP contribution is -2.41. The topological polar surface area (TPSA) is 159 Å². The number of hydrogen-bond donors (Lipinski definition) is 5. The van der Waals surface area contributed by atoms with E-state index >= 15 is 0 Å². The van der Waals surface area contributed by atoms with Crippen LogP contribution < -0.4 is 25.4 Å². The van der Waals surface area contributed by atoms with Gasteiger partial charge in [-0.25, -0.2) is 23.4 Å². The molecule has 3 rings (SSSR count). The predicted octanol–water partition coefficient (Wildman–Crippen LogP) is 1.92. The van der Waals surface area contributed by atoms with E-state index in [4.69, 9.17) is 14.6 Å². The Morgan fingerprint density at radius 1 is 1.20 bits per heavy atom. The second-order valence-corrected chi connectivity index (χ2v) is 7.96. The summed E-state index contributed by atoms with van der Waals surface area (Å²) in [7, 11) is 1.32. The van der Waals surface area contributed by atoms with Gasteiger partial charge >= 0.3 is 12.0 Å². The third-order valence-electron chi connectivity index (χ3n) is 4.48. The summed E-state index contributed by atoms with van der Waals surface area (Å²) < 4.78 is 38.7. The van der Waals surface area contributed by atoms with Crippen molar-refractivity contribution in [2.75, 3.05) is 24.7 Å². The number of carbonyl (C=O) groups excluding carboxylic acids is 2. The number of methoxy groups -OCH3 is 1. The minimum Gasteiger partial charge on any atom is -0.493 e. The SMILES string of the molecule is COc1cccc(F)c1Oc1ccc(F)cc1NC(=O)NC1=NC(C(=O)NC[C@@H](O)C(=O)O)CS1. The Labute approximate surface area is 201 Å². The Hall–Kier alpha value is -3.91. The lowest BCUT2D eigenvalue weighted by atomic mass is 10.2. The minimum absolute atomic E-state index is 0.0693. The Morgan fingerprint density at radius 3 is 2.69 bits per heavy atom.